The lowest BCUT2D eigenvalue weighted by Crippen LogP contribution is -2.08. The van der Waals surface area contributed by atoms with E-state index in [-0.39, 0.29) is 29.0 Å². The van der Waals surface area contributed by atoms with Gasteiger partial charge in [-0.05, 0) is 36.8 Å². The standard InChI is InChI=1S/C18H13N3O4S2/c1-9-12-6-10(2-4-13(12)19-17(9)23)15(22)8-26-18-20-14-5-3-11(21(24)25)7-16(14)27-18/h2-7,9H,8H2,1H3,(H,19,23)/t9-/m0/s1. The Morgan fingerprint density at radius 3 is 2.93 bits per heavy atom. The molecule has 0 bridgehead atoms. The van der Waals surface area contributed by atoms with Crippen molar-refractivity contribution < 1.29 is 14.5 Å². The number of nitro groups is 1. The van der Waals surface area contributed by atoms with Gasteiger partial charge in [0.2, 0.25) is 5.91 Å². The first-order chi connectivity index (χ1) is 12.9. The third kappa shape index (κ3) is 3.31. The molecule has 1 atom stereocenters. The molecular formula is C18H13N3O4S2. The highest BCUT2D eigenvalue weighted by Crippen LogP contribution is 2.34. The number of nitrogens with one attached hydrogen (secondary N) is 1. The molecule has 9 heteroatoms. The minimum absolute atomic E-state index is 0.0224. The molecule has 7 nitrogen and oxygen atoms in total. The predicted octanol–water partition coefficient (Wildman–Crippen LogP) is 4.24. The van der Waals surface area contributed by atoms with Gasteiger partial charge in [0.1, 0.15) is 0 Å². The van der Waals surface area contributed by atoms with Crippen LogP contribution in [0.25, 0.3) is 10.2 Å². The lowest BCUT2D eigenvalue weighted by Gasteiger charge is -2.05. The van der Waals surface area contributed by atoms with Crippen LogP contribution in [0.3, 0.4) is 0 Å². The first-order valence-electron chi connectivity index (χ1n) is 8.08. The fourth-order valence-corrected chi connectivity index (χ4v) is 4.86. The third-order valence-electron chi connectivity index (χ3n) is 4.38. The van der Waals surface area contributed by atoms with Crippen LogP contribution in [0.5, 0.6) is 0 Å². The highest BCUT2D eigenvalue weighted by Gasteiger charge is 2.27. The Kier molecular flexibility index (Phi) is 4.40. The summed E-state index contributed by atoms with van der Waals surface area (Å²) in [5.74, 6) is -0.177. The van der Waals surface area contributed by atoms with Crippen molar-refractivity contribution >= 4 is 56.4 Å². The van der Waals surface area contributed by atoms with Crippen LogP contribution in [0.15, 0.2) is 40.7 Å². The molecule has 4 rings (SSSR count). The number of hydrogen-bond donors (Lipinski definition) is 1. The monoisotopic (exact) mass is 399 g/mol. The van der Waals surface area contributed by atoms with Crippen molar-refractivity contribution in [3.8, 4) is 0 Å². The van der Waals surface area contributed by atoms with Gasteiger partial charge in [0.25, 0.3) is 5.69 Å². The summed E-state index contributed by atoms with van der Waals surface area (Å²) in [6, 6.07) is 9.75. The molecule has 1 aliphatic rings. The zero-order chi connectivity index (χ0) is 19.1. The van der Waals surface area contributed by atoms with E-state index in [0.29, 0.717) is 15.4 Å². The molecule has 0 saturated heterocycles. The summed E-state index contributed by atoms with van der Waals surface area (Å²) in [7, 11) is 0. The fourth-order valence-electron chi connectivity index (χ4n) is 2.87. The number of nitrogens with zero attached hydrogens (tertiary/aromatic N) is 2. The number of aromatic nitrogens is 1. The lowest BCUT2D eigenvalue weighted by molar-refractivity contribution is -0.384. The SMILES string of the molecule is C[C@@H]1C(=O)Nc2ccc(C(=O)CSc3nc4ccc([N+](=O)[O-])cc4s3)cc21. The van der Waals surface area contributed by atoms with Crippen molar-refractivity contribution in [3.63, 3.8) is 0 Å². The minimum Gasteiger partial charge on any atom is -0.325 e. The largest absolute Gasteiger partial charge is 0.325 e. The van der Waals surface area contributed by atoms with Gasteiger partial charge in [0, 0.05) is 23.4 Å². The van der Waals surface area contributed by atoms with E-state index in [1.807, 2.05) is 6.92 Å². The van der Waals surface area contributed by atoms with Gasteiger partial charge in [-0.1, -0.05) is 11.8 Å². The Balaban J connectivity index is 1.49. The molecular weight excluding hydrogens is 386 g/mol. The van der Waals surface area contributed by atoms with Gasteiger partial charge < -0.3 is 5.32 Å². The maximum atomic E-state index is 12.5. The van der Waals surface area contributed by atoms with Crippen molar-refractivity contribution in [2.24, 2.45) is 0 Å². The number of fused-ring (bicyclic) bond motifs is 2. The van der Waals surface area contributed by atoms with Crippen molar-refractivity contribution in [2.75, 3.05) is 11.1 Å². The van der Waals surface area contributed by atoms with Gasteiger partial charge in [-0.2, -0.15) is 0 Å². The smallest absolute Gasteiger partial charge is 0.270 e. The van der Waals surface area contributed by atoms with Crippen LogP contribution >= 0.6 is 23.1 Å². The molecule has 0 radical (unpaired) electrons. The maximum absolute atomic E-state index is 12.5. The van der Waals surface area contributed by atoms with E-state index >= 15 is 0 Å². The normalized spacial score (nSPS) is 15.6. The number of carbonyl (C=O) groups excluding carboxylic acids is 2. The quantitative estimate of drug-likeness (QED) is 0.298. The maximum Gasteiger partial charge on any atom is 0.270 e. The molecule has 136 valence electrons. The number of benzene rings is 2. The Morgan fingerprint density at radius 1 is 1.33 bits per heavy atom. The highest BCUT2D eigenvalue weighted by molar-refractivity contribution is 8.01. The highest BCUT2D eigenvalue weighted by atomic mass is 32.2. The van der Waals surface area contributed by atoms with Crippen LogP contribution in [0.1, 0.15) is 28.8 Å². The first-order valence-corrected chi connectivity index (χ1v) is 9.88. The summed E-state index contributed by atoms with van der Waals surface area (Å²) < 4.78 is 1.40. The second-order valence-corrected chi connectivity index (χ2v) is 8.37. The number of thioether (sulfide) groups is 1. The number of rotatable bonds is 5. The summed E-state index contributed by atoms with van der Waals surface area (Å²) in [5, 5.41) is 13.6. The molecule has 1 N–H and O–H groups in total. The molecule has 27 heavy (non-hydrogen) atoms. The molecule has 2 heterocycles. The summed E-state index contributed by atoms with van der Waals surface area (Å²) >= 11 is 2.63. The Labute approximate surface area is 161 Å². The average Bonchev–Trinajstić information content (AvgIpc) is 3.19. The van der Waals surface area contributed by atoms with E-state index in [4.69, 9.17) is 0 Å². The molecule has 3 aromatic rings. The van der Waals surface area contributed by atoms with E-state index in [2.05, 4.69) is 10.3 Å². The minimum atomic E-state index is -0.441. The zero-order valence-corrected chi connectivity index (χ0v) is 15.7. The summed E-state index contributed by atoms with van der Waals surface area (Å²) in [6.45, 7) is 1.81. The van der Waals surface area contributed by atoms with E-state index in [1.165, 1.54) is 35.2 Å². The Hall–Kier alpha value is -2.78. The number of hydrogen-bond acceptors (Lipinski definition) is 7. The molecule has 0 saturated carbocycles. The molecule has 0 aliphatic carbocycles. The summed E-state index contributed by atoms with van der Waals surface area (Å²) in [6.07, 6.45) is 0. The van der Waals surface area contributed by atoms with Gasteiger partial charge in [-0.25, -0.2) is 4.98 Å². The van der Waals surface area contributed by atoms with Crippen LogP contribution in [0, 0.1) is 10.1 Å². The van der Waals surface area contributed by atoms with Crippen molar-refractivity contribution in [2.45, 2.75) is 17.2 Å². The Bertz CT molecular complexity index is 1110. The number of nitro benzene ring substituents is 1. The number of amides is 1. The molecule has 0 unspecified atom stereocenters. The number of non-ortho nitro benzene ring substituents is 1. The number of Topliss-reactive ketones (excluding diaryl/α,β-unsaturated/α-hetero) is 1. The van der Waals surface area contributed by atoms with Crippen molar-refractivity contribution in [1.82, 2.24) is 4.98 Å². The molecule has 1 aromatic heterocycles. The van der Waals surface area contributed by atoms with Gasteiger partial charge in [0.15, 0.2) is 10.1 Å². The van der Waals surface area contributed by atoms with E-state index in [9.17, 15) is 19.7 Å². The fraction of sp³-hybridized carbons (Fsp3) is 0.167. The van der Waals surface area contributed by atoms with Crippen molar-refractivity contribution in [3.05, 3.63) is 57.6 Å². The van der Waals surface area contributed by atoms with Gasteiger partial charge in [-0.15, -0.1) is 11.3 Å². The molecule has 2 aromatic carbocycles. The van der Waals surface area contributed by atoms with Crippen molar-refractivity contribution in [1.29, 1.82) is 0 Å². The van der Waals surface area contributed by atoms with Crippen LogP contribution < -0.4 is 5.32 Å². The zero-order valence-electron chi connectivity index (χ0n) is 14.1. The lowest BCUT2D eigenvalue weighted by atomic mass is 9.99. The Morgan fingerprint density at radius 2 is 2.15 bits per heavy atom. The van der Waals surface area contributed by atoms with E-state index in [0.717, 1.165) is 16.0 Å². The number of anilines is 1. The van der Waals surface area contributed by atoms with Crippen LogP contribution in [-0.4, -0.2) is 27.4 Å². The van der Waals surface area contributed by atoms with Gasteiger partial charge in [-0.3, -0.25) is 19.7 Å². The summed E-state index contributed by atoms with van der Waals surface area (Å²) in [4.78, 5) is 39.1. The number of thiazole rings is 1. The van der Waals surface area contributed by atoms with Gasteiger partial charge >= 0.3 is 0 Å². The molecule has 0 spiro atoms. The second-order valence-electron chi connectivity index (χ2n) is 6.11. The predicted molar refractivity (Wildman–Crippen MR) is 105 cm³/mol. The molecule has 1 aliphatic heterocycles. The van der Waals surface area contributed by atoms with Crippen LogP contribution in [-0.2, 0) is 4.79 Å². The molecule has 1 amide bonds. The second kappa shape index (κ2) is 6.75. The first kappa shape index (κ1) is 17.6. The van der Waals surface area contributed by atoms with Gasteiger partial charge in [0.05, 0.1) is 26.8 Å². The van der Waals surface area contributed by atoms with E-state index < -0.39 is 4.92 Å². The summed E-state index contributed by atoms with van der Waals surface area (Å²) in [5.41, 5.74) is 2.85. The topological polar surface area (TPSA) is 102 Å². The number of carbonyl (C=O) groups is 2. The molecule has 0 fully saturated rings. The van der Waals surface area contributed by atoms with E-state index in [1.54, 1.807) is 24.3 Å². The van der Waals surface area contributed by atoms with Crippen LogP contribution in [0.4, 0.5) is 11.4 Å². The van der Waals surface area contributed by atoms with Crippen LogP contribution in [0.2, 0.25) is 0 Å². The average molecular weight is 399 g/mol. The third-order valence-corrected chi connectivity index (χ3v) is 6.54. The number of ketones is 1.